The molecule has 0 aliphatic rings. The number of rotatable bonds is 6. The van der Waals surface area contributed by atoms with Crippen LogP contribution >= 0.6 is 15.9 Å². The second-order valence-electron chi connectivity index (χ2n) is 5.10. The molecule has 0 unspecified atom stereocenters. The van der Waals surface area contributed by atoms with Gasteiger partial charge in [0, 0.05) is 10.2 Å². The van der Waals surface area contributed by atoms with Crippen molar-refractivity contribution in [1.82, 2.24) is 0 Å². The number of benzene rings is 2. The van der Waals surface area contributed by atoms with Crippen LogP contribution in [0.25, 0.3) is 0 Å². The van der Waals surface area contributed by atoms with Crippen molar-refractivity contribution in [3.05, 3.63) is 57.6 Å². The van der Waals surface area contributed by atoms with E-state index in [0.29, 0.717) is 17.6 Å². The molecule has 2 aromatic rings. The summed E-state index contributed by atoms with van der Waals surface area (Å²) in [6.07, 6.45) is 1.52. The molecule has 2 aromatic carbocycles. The van der Waals surface area contributed by atoms with Gasteiger partial charge in [-0.2, -0.15) is 0 Å². The molecule has 5 heteroatoms. The van der Waals surface area contributed by atoms with Gasteiger partial charge in [-0.25, -0.2) is 0 Å². The van der Waals surface area contributed by atoms with E-state index in [4.69, 9.17) is 4.74 Å². The maximum absolute atomic E-state index is 12.2. The zero-order chi connectivity index (χ0) is 16.8. The molecular formula is C18H18BrNO3. The lowest BCUT2D eigenvalue weighted by Gasteiger charge is -2.14. The van der Waals surface area contributed by atoms with Crippen LogP contribution in [-0.2, 0) is 11.2 Å². The van der Waals surface area contributed by atoms with Crippen LogP contribution in [0.4, 0.5) is 5.69 Å². The molecule has 0 spiro atoms. The number of halogens is 1. The van der Waals surface area contributed by atoms with Gasteiger partial charge in [0.15, 0.2) is 12.9 Å². The predicted octanol–water partition coefficient (Wildman–Crippen LogP) is 4.15. The van der Waals surface area contributed by atoms with Crippen LogP contribution in [0.2, 0.25) is 0 Å². The number of nitrogens with one attached hydrogen (secondary N) is 1. The third kappa shape index (κ3) is 4.42. The average Bonchev–Trinajstić information content (AvgIpc) is 2.55. The summed E-state index contributed by atoms with van der Waals surface area (Å²) < 4.78 is 6.43. The van der Waals surface area contributed by atoms with E-state index < -0.39 is 0 Å². The molecule has 0 aliphatic heterocycles. The summed E-state index contributed by atoms with van der Waals surface area (Å²) in [6, 6.07) is 10.8. The molecule has 0 bridgehead atoms. The molecule has 120 valence electrons. The largest absolute Gasteiger partial charge is 0.483 e. The van der Waals surface area contributed by atoms with Crippen LogP contribution < -0.4 is 10.1 Å². The first-order valence-corrected chi connectivity index (χ1v) is 8.10. The molecule has 0 radical (unpaired) electrons. The Labute approximate surface area is 144 Å². The van der Waals surface area contributed by atoms with Gasteiger partial charge in [-0.05, 0) is 48.7 Å². The number of anilines is 1. The molecule has 0 saturated carbocycles. The van der Waals surface area contributed by atoms with Gasteiger partial charge < -0.3 is 10.1 Å². The molecule has 1 amide bonds. The highest BCUT2D eigenvalue weighted by atomic mass is 79.9. The van der Waals surface area contributed by atoms with Crippen LogP contribution in [0.5, 0.6) is 5.75 Å². The summed E-state index contributed by atoms with van der Waals surface area (Å²) in [5.41, 5.74) is 3.28. The molecule has 0 heterocycles. The van der Waals surface area contributed by atoms with Gasteiger partial charge in [0.1, 0.15) is 5.75 Å². The number of amides is 1. The lowest BCUT2D eigenvalue weighted by Crippen LogP contribution is -2.21. The summed E-state index contributed by atoms with van der Waals surface area (Å²) in [5.74, 6) is 0.145. The number of hydrogen-bond donors (Lipinski definition) is 1. The van der Waals surface area contributed by atoms with Crippen LogP contribution in [0.15, 0.2) is 40.9 Å². The monoisotopic (exact) mass is 375 g/mol. The second-order valence-corrected chi connectivity index (χ2v) is 6.02. The molecular weight excluding hydrogens is 358 g/mol. The van der Waals surface area contributed by atoms with Gasteiger partial charge in [0.2, 0.25) is 0 Å². The first-order valence-electron chi connectivity index (χ1n) is 7.31. The zero-order valence-corrected chi connectivity index (χ0v) is 14.6. The number of aldehydes is 1. The van der Waals surface area contributed by atoms with E-state index in [2.05, 4.69) is 21.2 Å². The van der Waals surface area contributed by atoms with E-state index in [1.165, 1.54) is 0 Å². The molecule has 4 nitrogen and oxygen atoms in total. The highest BCUT2D eigenvalue weighted by Gasteiger charge is 2.11. The second kappa shape index (κ2) is 7.92. The Morgan fingerprint density at radius 3 is 2.74 bits per heavy atom. The normalized spacial score (nSPS) is 10.2. The minimum atomic E-state index is -0.258. The Hall–Kier alpha value is -2.14. The Morgan fingerprint density at radius 2 is 2.04 bits per heavy atom. The van der Waals surface area contributed by atoms with Crippen LogP contribution in [0.3, 0.4) is 0 Å². The van der Waals surface area contributed by atoms with Crippen LogP contribution in [-0.4, -0.2) is 18.8 Å². The Morgan fingerprint density at radius 1 is 1.30 bits per heavy atom. The number of aryl methyl sites for hydroxylation is 2. The summed E-state index contributed by atoms with van der Waals surface area (Å²) in [4.78, 5) is 23.1. The first-order chi connectivity index (χ1) is 11.0. The Kier molecular flexibility index (Phi) is 5.93. The Bertz CT molecular complexity index is 728. The first kappa shape index (κ1) is 17.2. The Balaban J connectivity index is 2.07. The van der Waals surface area contributed by atoms with E-state index in [-0.39, 0.29) is 12.5 Å². The summed E-state index contributed by atoms with van der Waals surface area (Å²) >= 11 is 3.46. The average molecular weight is 376 g/mol. The smallest absolute Gasteiger partial charge is 0.262 e. The molecule has 2 rings (SSSR count). The minimum absolute atomic E-state index is 0.149. The van der Waals surface area contributed by atoms with Gasteiger partial charge in [0.05, 0.1) is 5.56 Å². The third-order valence-electron chi connectivity index (χ3n) is 3.43. The summed E-state index contributed by atoms with van der Waals surface area (Å²) in [7, 11) is 0. The van der Waals surface area contributed by atoms with Crippen molar-refractivity contribution >= 4 is 33.8 Å². The van der Waals surface area contributed by atoms with Crippen molar-refractivity contribution in [1.29, 1.82) is 0 Å². The fraction of sp³-hybridized carbons (Fsp3) is 0.222. The van der Waals surface area contributed by atoms with Gasteiger partial charge in [0.25, 0.3) is 5.91 Å². The molecule has 0 aromatic heterocycles. The summed E-state index contributed by atoms with van der Waals surface area (Å²) in [6.45, 7) is 3.83. The molecule has 0 saturated heterocycles. The maximum Gasteiger partial charge on any atom is 0.262 e. The lowest BCUT2D eigenvalue weighted by molar-refractivity contribution is -0.118. The minimum Gasteiger partial charge on any atom is -0.483 e. The zero-order valence-electron chi connectivity index (χ0n) is 13.1. The molecule has 0 fully saturated rings. The third-order valence-corrected chi connectivity index (χ3v) is 3.89. The standard InChI is InChI=1S/C18H18BrNO3/c1-3-13-9-15(19)8-12(2)18(13)20-17(22)11-23-16-7-5-4-6-14(16)10-21/h4-10H,3,11H2,1-2H3,(H,20,22). The van der Waals surface area contributed by atoms with Gasteiger partial charge >= 0.3 is 0 Å². The van der Waals surface area contributed by atoms with Crippen molar-refractivity contribution < 1.29 is 14.3 Å². The van der Waals surface area contributed by atoms with Crippen molar-refractivity contribution in [2.45, 2.75) is 20.3 Å². The predicted molar refractivity (Wildman–Crippen MR) is 94.2 cm³/mol. The maximum atomic E-state index is 12.2. The van der Waals surface area contributed by atoms with Crippen LogP contribution in [0.1, 0.15) is 28.4 Å². The number of hydrogen-bond acceptors (Lipinski definition) is 3. The van der Waals surface area contributed by atoms with E-state index in [1.54, 1.807) is 24.3 Å². The number of ether oxygens (including phenoxy) is 1. The van der Waals surface area contributed by atoms with Gasteiger partial charge in [-0.1, -0.05) is 35.0 Å². The SMILES string of the molecule is CCc1cc(Br)cc(C)c1NC(=O)COc1ccccc1C=O. The van der Waals surface area contributed by atoms with Crippen molar-refractivity contribution in [3.63, 3.8) is 0 Å². The molecule has 0 aliphatic carbocycles. The van der Waals surface area contributed by atoms with E-state index in [0.717, 1.165) is 27.7 Å². The van der Waals surface area contributed by atoms with Crippen molar-refractivity contribution in [2.75, 3.05) is 11.9 Å². The molecule has 1 N–H and O–H groups in total. The lowest BCUT2D eigenvalue weighted by atomic mass is 10.1. The van der Waals surface area contributed by atoms with E-state index in [1.807, 2.05) is 26.0 Å². The van der Waals surface area contributed by atoms with Gasteiger partial charge in [-0.15, -0.1) is 0 Å². The molecule has 23 heavy (non-hydrogen) atoms. The number of carbonyl (C=O) groups is 2. The quantitative estimate of drug-likeness (QED) is 0.771. The van der Waals surface area contributed by atoms with Crippen molar-refractivity contribution in [3.8, 4) is 5.75 Å². The van der Waals surface area contributed by atoms with Gasteiger partial charge in [-0.3, -0.25) is 9.59 Å². The topological polar surface area (TPSA) is 55.4 Å². The highest BCUT2D eigenvalue weighted by molar-refractivity contribution is 9.10. The number of para-hydroxylation sites is 1. The number of carbonyl (C=O) groups excluding carboxylic acids is 2. The molecule has 0 atom stereocenters. The van der Waals surface area contributed by atoms with E-state index >= 15 is 0 Å². The van der Waals surface area contributed by atoms with Crippen molar-refractivity contribution in [2.24, 2.45) is 0 Å². The fourth-order valence-corrected chi connectivity index (χ4v) is 2.92. The fourth-order valence-electron chi connectivity index (χ4n) is 2.30. The highest BCUT2D eigenvalue weighted by Crippen LogP contribution is 2.26. The van der Waals surface area contributed by atoms with E-state index in [9.17, 15) is 9.59 Å². The summed E-state index contributed by atoms with van der Waals surface area (Å²) in [5, 5.41) is 2.89. The van der Waals surface area contributed by atoms with Crippen LogP contribution in [0, 0.1) is 6.92 Å².